The highest BCUT2D eigenvalue weighted by atomic mass is 14.9. The zero-order valence-corrected chi connectivity index (χ0v) is 11.3. The highest BCUT2D eigenvalue weighted by molar-refractivity contribution is 5.71. The Morgan fingerprint density at radius 2 is 1.84 bits per heavy atom. The number of aromatic nitrogens is 1. The molecule has 0 saturated carbocycles. The number of rotatable bonds is 2. The smallest absolute Gasteiger partial charge is 0.169 e. The zero-order valence-electron chi connectivity index (χ0n) is 11.3. The van der Waals surface area contributed by atoms with Gasteiger partial charge < -0.3 is 5.32 Å². The maximum atomic E-state index is 3.44. The van der Waals surface area contributed by atoms with Gasteiger partial charge in [-0.15, -0.1) is 0 Å². The third-order valence-electron chi connectivity index (χ3n) is 3.54. The second-order valence-corrected chi connectivity index (χ2v) is 5.08. The van der Waals surface area contributed by atoms with Crippen LogP contribution < -0.4 is 9.88 Å². The summed E-state index contributed by atoms with van der Waals surface area (Å²) in [6.07, 6.45) is 10.9. The number of nitrogens with zero attached hydrogens (tertiary/aromatic N) is 1. The molecule has 0 atom stereocenters. The van der Waals surface area contributed by atoms with E-state index >= 15 is 0 Å². The summed E-state index contributed by atoms with van der Waals surface area (Å²) >= 11 is 0. The van der Waals surface area contributed by atoms with E-state index in [2.05, 4.69) is 60.2 Å². The van der Waals surface area contributed by atoms with Crippen LogP contribution in [0.25, 0.3) is 12.2 Å². The molecular weight excluding hydrogens is 232 g/mol. The number of anilines is 1. The highest BCUT2D eigenvalue weighted by Crippen LogP contribution is 2.23. The standard InChI is InChI=1S/C17H18N2/c1-19-11-8-14(9-12-19)4-5-15-6-7-17-16(13-15)3-2-10-18-17/h4-9,11-13H,2-3,10H2,1H3/p+1. The number of fused-ring (bicyclic) bond motifs is 1. The molecule has 1 aromatic carbocycles. The molecule has 0 amide bonds. The number of nitrogens with one attached hydrogen (secondary N) is 1. The van der Waals surface area contributed by atoms with Crippen molar-refractivity contribution < 1.29 is 4.57 Å². The minimum atomic E-state index is 1.10. The summed E-state index contributed by atoms with van der Waals surface area (Å²) in [5.41, 5.74) is 5.24. The normalized spacial score (nSPS) is 14.2. The molecule has 2 nitrogen and oxygen atoms in total. The summed E-state index contributed by atoms with van der Waals surface area (Å²) in [5, 5.41) is 3.44. The van der Waals surface area contributed by atoms with Gasteiger partial charge in [0.15, 0.2) is 12.4 Å². The van der Waals surface area contributed by atoms with Crippen molar-refractivity contribution >= 4 is 17.8 Å². The molecule has 1 aliphatic heterocycles. The fraction of sp³-hybridized carbons (Fsp3) is 0.235. The summed E-state index contributed by atoms with van der Waals surface area (Å²) in [7, 11) is 2.03. The minimum Gasteiger partial charge on any atom is -0.385 e. The third-order valence-corrected chi connectivity index (χ3v) is 3.54. The van der Waals surface area contributed by atoms with Gasteiger partial charge in [0.25, 0.3) is 0 Å². The van der Waals surface area contributed by atoms with Crippen LogP contribution in [-0.4, -0.2) is 6.54 Å². The van der Waals surface area contributed by atoms with E-state index in [1.807, 2.05) is 11.6 Å². The van der Waals surface area contributed by atoms with E-state index in [4.69, 9.17) is 0 Å². The molecule has 2 heteroatoms. The van der Waals surface area contributed by atoms with E-state index in [9.17, 15) is 0 Å². The lowest BCUT2D eigenvalue weighted by molar-refractivity contribution is -0.671. The first-order valence-corrected chi connectivity index (χ1v) is 6.81. The average molecular weight is 251 g/mol. The second kappa shape index (κ2) is 5.27. The molecule has 1 aliphatic rings. The zero-order chi connectivity index (χ0) is 13.1. The van der Waals surface area contributed by atoms with Crippen molar-refractivity contribution in [2.45, 2.75) is 12.8 Å². The van der Waals surface area contributed by atoms with Crippen molar-refractivity contribution in [3.05, 3.63) is 59.4 Å². The molecule has 96 valence electrons. The van der Waals surface area contributed by atoms with Crippen LogP contribution in [0.5, 0.6) is 0 Å². The van der Waals surface area contributed by atoms with E-state index in [-0.39, 0.29) is 0 Å². The van der Waals surface area contributed by atoms with Gasteiger partial charge in [0.1, 0.15) is 7.05 Å². The van der Waals surface area contributed by atoms with Gasteiger partial charge in [0, 0.05) is 24.4 Å². The van der Waals surface area contributed by atoms with Gasteiger partial charge in [-0.2, -0.15) is 0 Å². The molecule has 2 aromatic rings. The Balaban J connectivity index is 1.81. The lowest BCUT2D eigenvalue weighted by Crippen LogP contribution is -2.25. The van der Waals surface area contributed by atoms with Crippen molar-refractivity contribution in [1.29, 1.82) is 0 Å². The largest absolute Gasteiger partial charge is 0.385 e. The number of aryl methyl sites for hydroxylation is 2. The van der Waals surface area contributed by atoms with Gasteiger partial charge >= 0.3 is 0 Å². The summed E-state index contributed by atoms with van der Waals surface area (Å²) in [6.45, 7) is 1.10. The van der Waals surface area contributed by atoms with Crippen LogP contribution in [0.1, 0.15) is 23.1 Å². The molecule has 0 fully saturated rings. The van der Waals surface area contributed by atoms with Crippen molar-refractivity contribution in [3.8, 4) is 0 Å². The Labute approximate surface area is 114 Å². The Hall–Kier alpha value is -2.09. The van der Waals surface area contributed by atoms with E-state index in [0.29, 0.717) is 0 Å². The van der Waals surface area contributed by atoms with Crippen LogP contribution in [-0.2, 0) is 13.5 Å². The Morgan fingerprint density at radius 1 is 1.05 bits per heavy atom. The quantitative estimate of drug-likeness (QED) is 0.811. The fourth-order valence-electron chi connectivity index (χ4n) is 2.41. The molecule has 19 heavy (non-hydrogen) atoms. The van der Waals surface area contributed by atoms with Crippen LogP contribution in [0, 0.1) is 0 Å². The fourth-order valence-corrected chi connectivity index (χ4v) is 2.41. The van der Waals surface area contributed by atoms with Crippen LogP contribution in [0.15, 0.2) is 42.7 Å². The molecule has 0 saturated heterocycles. The van der Waals surface area contributed by atoms with E-state index in [1.54, 1.807) is 0 Å². The maximum Gasteiger partial charge on any atom is 0.169 e. The van der Waals surface area contributed by atoms with E-state index < -0.39 is 0 Å². The first-order valence-electron chi connectivity index (χ1n) is 6.81. The van der Waals surface area contributed by atoms with Crippen LogP contribution in [0.3, 0.4) is 0 Å². The molecule has 0 spiro atoms. The molecule has 1 aromatic heterocycles. The Bertz CT molecular complexity index is 597. The molecule has 2 heterocycles. The van der Waals surface area contributed by atoms with Gasteiger partial charge in [-0.05, 0) is 41.7 Å². The first kappa shape index (κ1) is 12.0. The second-order valence-electron chi connectivity index (χ2n) is 5.08. The predicted octanol–water partition coefficient (Wildman–Crippen LogP) is 3.04. The van der Waals surface area contributed by atoms with Gasteiger partial charge in [-0.3, -0.25) is 0 Å². The molecule has 3 rings (SSSR count). The van der Waals surface area contributed by atoms with E-state index in [0.717, 1.165) is 6.54 Å². The summed E-state index contributed by atoms with van der Waals surface area (Å²) < 4.78 is 2.04. The van der Waals surface area contributed by atoms with Crippen molar-refractivity contribution in [2.24, 2.45) is 7.05 Å². The molecule has 0 unspecified atom stereocenters. The van der Waals surface area contributed by atoms with Gasteiger partial charge in [-0.25, -0.2) is 4.57 Å². The highest BCUT2D eigenvalue weighted by Gasteiger charge is 2.07. The monoisotopic (exact) mass is 251 g/mol. The lowest BCUT2D eigenvalue weighted by Gasteiger charge is -2.17. The summed E-state index contributed by atoms with van der Waals surface area (Å²) in [6, 6.07) is 10.9. The minimum absolute atomic E-state index is 1.10. The number of benzene rings is 1. The molecule has 0 bridgehead atoms. The van der Waals surface area contributed by atoms with Crippen LogP contribution >= 0.6 is 0 Å². The summed E-state index contributed by atoms with van der Waals surface area (Å²) in [5.74, 6) is 0. The topological polar surface area (TPSA) is 15.9 Å². The molecule has 0 radical (unpaired) electrons. The number of pyridine rings is 1. The third kappa shape index (κ3) is 2.84. The first-order chi connectivity index (χ1) is 9.31. The molecule has 1 N–H and O–H groups in total. The van der Waals surface area contributed by atoms with E-state index in [1.165, 1.54) is 35.2 Å². The molecule has 0 aliphatic carbocycles. The molecular formula is C17H19N2+. The maximum absolute atomic E-state index is 3.44. The predicted molar refractivity (Wildman–Crippen MR) is 79.8 cm³/mol. The van der Waals surface area contributed by atoms with Crippen molar-refractivity contribution in [1.82, 2.24) is 0 Å². The Morgan fingerprint density at radius 3 is 2.68 bits per heavy atom. The number of hydrogen-bond acceptors (Lipinski definition) is 1. The SMILES string of the molecule is C[n+]1ccc(C=Cc2ccc3c(c2)CCCN3)cc1. The van der Waals surface area contributed by atoms with Crippen molar-refractivity contribution in [2.75, 3.05) is 11.9 Å². The van der Waals surface area contributed by atoms with Crippen molar-refractivity contribution in [3.63, 3.8) is 0 Å². The van der Waals surface area contributed by atoms with Gasteiger partial charge in [-0.1, -0.05) is 18.2 Å². The van der Waals surface area contributed by atoms with Gasteiger partial charge in [0.05, 0.1) is 0 Å². The summed E-state index contributed by atoms with van der Waals surface area (Å²) in [4.78, 5) is 0. The van der Waals surface area contributed by atoms with Crippen LogP contribution in [0.2, 0.25) is 0 Å². The lowest BCUT2D eigenvalue weighted by atomic mass is 10.0. The van der Waals surface area contributed by atoms with Gasteiger partial charge in [0.2, 0.25) is 0 Å². The van der Waals surface area contributed by atoms with Crippen LogP contribution in [0.4, 0.5) is 5.69 Å². The Kier molecular flexibility index (Phi) is 3.32. The average Bonchev–Trinajstić information content (AvgIpc) is 2.46. The number of hydrogen-bond donors (Lipinski definition) is 1.